The maximum atomic E-state index is 15.0. The lowest BCUT2D eigenvalue weighted by Gasteiger charge is -2.36. The van der Waals surface area contributed by atoms with E-state index in [9.17, 15) is 0 Å². The Labute approximate surface area is 202 Å². The summed E-state index contributed by atoms with van der Waals surface area (Å²) in [6, 6.07) is 4.28. The number of hydrazone groups is 1. The highest BCUT2D eigenvalue weighted by molar-refractivity contribution is 6.76. The number of nitrogens with zero attached hydrogens (tertiary/aromatic N) is 6. The third-order valence-corrected chi connectivity index (χ3v) is 8.53. The van der Waals surface area contributed by atoms with Crippen LogP contribution in [0.15, 0.2) is 23.4 Å². The molecule has 0 radical (unpaired) electrons. The van der Waals surface area contributed by atoms with Crippen LogP contribution < -0.4 is 0 Å². The summed E-state index contributed by atoms with van der Waals surface area (Å²) in [6.45, 7) is 11.5. The highest BCUT2D eigenvalue weighted by Gasteiger charge is 2.40. The van der Waals surface area contributed by atoms with Crippen molar-refractivity contribution in [2.24, 2.45) is 24.0 Å². The molecule has 0 spiro atoms. The fourth-order valence-corrected chi connectivity index (χ4v) is 5.78. The molecule has 2 aromatic heterocycles. The molecule has 2 aliphatic rings. The maximum Gasteiger partial charge on any atom is 0.145 e. The molecule has 2 aromatic rings. The molecule has 186 valence electrons. The molecule has 34 heavy (non-hydrogen) atoms. The lowest BCUT2D eigenvalue weighted by Crippen LogP contribution is -2.34. The number of rotatable bonds is 9. The van der Waals surface area contributed by atoms with E-state index in [-0.39, 0.29) is 29.7 Å². The molecule has 0 amide bonds. The smallest absolute Gasteiger partial charge is 0.145 e. The van der Waals surface area contributed by atoms with Gasteiger partial charge in [0.2, 0.25) is 0 Å². The molecule has 4 rings (SSSR count). The van der Waals surface area contributed by atoms with Gasteiger partial charge in [0.05, 0.1) is 17.1 Å². The van der Waals surface area contributed by atoms with Gasteiger partial charge < -0.3 is 9.47 Å². The number of aromatic nitrogens is 4. The number of aryl methyl sites for hydroxylation is 2. The van der Waals surface area contributed by atoms with Crippen LogP contribution in [0, 0.1) is 24.6 Å². The SMILES string of the molecule is Cc1nnn(C)c1C1CC(C(c2ncccc2F)[C@@H]2C=NN(COCC[Si](C)(C)C)C2)CCO1. The first-order valence-corrected chi connectivity index (χ1v) is 15.9. The number of hydrogen-bond donors (Lipinski definition) is 0. The zero-order valence-corrected chi connectivity index (χ0v) is 21.9. The fraction of sp³-hybridized carbons (Fsp3) is 0.667. The summed E-state index contributed by atoms with van der Waals surface area (Å²) in [6.07, 6.45) is 5.13. The van der Waals surface area contributed by atoms with E-state index in [1.807, 2.05) is 25.2 Å². The Morgan fingerprint density at radius 2 is 2.15 bits per heavy atom. The summed E-state index contributed by atoms with van der Waals surface area (Å²) in [7, 11) is 0.760. The third kappa shape index (κ3) is 5.90. The zero-order chi connectivity index (χ0) is 24.3. The molecule has 8 nitrogen and oxygen atoms in total. The van der Waals surface area contributed by atoms with Gasteiger partial charge in [0, 0.05) is 59.1 Å². The monoisotopic (exact) mass is 488 g/mol. The first-order valence-electron chi connectivity index (χ1n) is 12.2. The summed E-state index contributed by atoms with van der Waals surface area (Å²) in [5.41, 5.74) is 2.38. The molecular weight excluding hydrogens is 451 g/mol. The van der Waals surface area contributed by atoms with Gasteiger partial charge in [-0.1, -0.05) is 24.9 Å². The summed E-state index contributed by atoms with van der Waals surface area (Å²) < 4.78 is 28.8. The Morgan fingerprint density at radius 1 is 1.32 bits per heavy atom. The Kier molecular flexibility index (Phi) is 7.79. The van der Waals surface area contributed by atoms with Crippen molar-refractivity contribution in [1.29, 1.82) is 0 Å². The van der Waals surface area contributed by atoms with Gasteiger partial charge in [-0.25, -0.2) is 9.07 Å². The topological polar surface area (TPSA) is 77.7 Å². The van der Waals surface area contributed by atoms with E-state index in [4.69, 9.17) is 9.47 Å². The fourth-order valence-electron chi connectivity index (χ4n) is 5.03. The van der Waals surface area contributed by atoms with Gasteiger partial charge >= 0.3 is 0 Å². The van der Waals surface area contributed by atoms with Crippen molar-refractivity contribution in [3.05, 3.63) is 41.2 Å². The Balaban J connectivity index is 1.49. The Hall–Kier alpha value is -2.17. The summed E-state index contributed by atoms with van der Waals surface area (Å²) in [5, 5.41) is 14.9. The average molecular weight is 489 g/mol. The largest absolute Gasteiger partial charge is 0.372 e. The summed E-state index contributed by atoms with van der Waals surface area (Å²) in [5.74, 6) is -0.0989. The van der Waals surface area contributed by atoms with E-state index in [0.29, 0.717) is 25.6 Å². The first-order chi connectivity index (χ1) is 16.2. The molecule has 0 saturated carbocycles. The predicted octanol–water partition coefficient (Wildman–Crippen LogP) is 4.14. The number of ether oxygens (including phenoxy) is 2. The molecule has 4 heterocycles. The van der Waals surface area contributed by atoms with Gasteiger partial charge in [-0.3, -0.25) is 9.99 Å². The third-order valence-electron chi connectivity index (χ3n) is 6.83. The highest BCUT2D eigenvalue weighted by atomic mass is 28.3. The molecule has 0 bridgehead atoms. The van der Waals surface area contributed by atoms with Crippen LogP contribution in [0.1, 0.15) is 41.9 Å². The van der Waals surface area contributed by atoms with Gasteiger partial charge in [0.25, 0.3) is 0 Å². The van der Waals surface area contributed by atoms with Crippen molar-refractivity contribution < 1.29 is 13.9 Å². The molecule has 0 N–H and O–H groups in total. The molecule has 4 atom stereocenters. The molecule has 10 heteroatoms. The van der Waals surface area contributed by atoms with Crippen molar-refractivity contribution >= 4 is 14.3 Å². The summed E-state index contributed by atoms with van der Waals surface area (Å²) >= 11 is 0. The second-order valence-corrected chi connectivity index (χ2v) is 16.3. The van der Waals surface area contributed by atoms with Crippen molar-refractivity contribution in [2.75, 3.05) is 26.5 Å². The van der Waals surface area contributed by atoms with Gasteiger partial charge in [0.15, 0.2) is 0 Å². The van der Waals surface area contributed by atoms with E-state index < -0.39 is 8.07 Å². The van der Waals surface area contributed by atoms with E-state index in [1.165, 1.54) is 6.07 Å². The molecule has 0 aliphatic carbocycles. The zero-order valence-electron chi connectivity index (χ0n) is 20.9. The highest BCUT2D eigenvalue weighted by Crippen LogP contribution is 2.44. The standard InChI is InChI=1S/C24H37FN6O2Si/c1-17-24(30(2)29-28-17)21-13-18(8-10-33-21)22(23-20(25)7-6-9-26-23)19-14-27-31(15-19)16-32-11-12-34(3,4)5/h6-7,9,14,18-19,21-22H,8,10-13,15-16H2,1-5H3/t18?,19-,21?,22?/m1/s1. The van der Waals surface area contributed by atoms with Gasteiger partial charge in [-0.2, -0.15) is 5.10 Å². The van der Waals surface area contributed by atoms with Crippen LogP contribution >= 0.6 is 0 Å². The number of halogens is 1. The Morgan fingerprint density at radius 3 is 2.85 bits per heavy atom. The van der Waals surface area contributed by atoms with Crippen LogP contribution in [0.2, 0.25) is 25.7 Å². The predicted molar refractivity (Wildman–Crippen MR) is 132 cm³/mol. The first kappa shape index (κ1) is 24.9. The normalized spacial score (nSPS) is 24.1. The van der Waals surface area contributed by atoms with Gasteiger partial charge in [-0.15, -0.1) is 5.10 Å². The van der Waals surface area contributed by atoms with Crippen LogP contribution in [0.3, 0.4) is 0 Å². The van der Waals surface area contributed by atoms with Crippen LogP contribution in [0.4, 0.5) is 4.39 Å². The second kappa shape index (κ2) is 10.6. The molecular formula is C24H37FN6O2Si. The lowest BCUT2D eigenvalue weighted by molar-refractivity contribution is -0.0255. The number of hydrogen-bond acceptors (Lipinski definition) is 7. The molecule has 3 unspecified atom stereocenters. The van der Waals surface area contributed by atoms with Crippen molar-refractivity contribution in [3.63, 3.8) is 0 Å². The molecule has 1 fully saturated rings. The molecule has 1 saturated heterocycles. The van der Waals surface area contributed by atoms with E-state index in [2.05, 4.69) is 40.0 Å². The Bertz CT molecular complexity index is 975. The van der Waals surface area contributed by atoms with Crippen molar-refractivity contribution in [1.82, 2.24) is 25.0 Å². The second-order valence-electron chi connectivity index (χ2n) is 10.7. The number of pyridine rings is 1. The molecule has 0 aromatic carbocycles. The van der Waals surface area contributed by atoms with E-state index in [0.717, 1.165) is 36.9 Å². The minimum Gasteiger partial charge on any atom is -0.372 e. The minimum atomic E-state index is -1.13. The van der Waals surface area contributed by atoms with Gasteiger partial charge in [0.1, 0.15) is 18.7 Å². The quantitative estimate of drug-likeness (QED) is 0.390. The van der Waals surface area contributed by atoms with Crippen LogP contribution in [-0.4, -0.2) is 65.8 Å². The van der Waals surface area contributed by atoms with Crippen molar-refractivity contribution in [3.8, 4) is 0 Å². The molecule has 2 aliphatic heterocycles. The van der Waals surface area contributed by atoms with Crippen molar-refractivity contribution in [2.45, 2.75) is 57.5 Å². The van der Waals surface area contributed by atoms with Gasteiger partial charge in [-0.05, 0) is 43.9 Å². The van der Waals surface area contributed by atoms with E-state index >= 15 is 4.39 Å². The summed E-state index contributed by atoms with van der Waals surface area (Å²) in [4.78, 5) is 4.50. The van der Waals surface area contributed by atoms with Crippen LogP contribution in [0.5, 0.6) is 0 Å². The van der Waals surface area contributed by atoms with E-state index in [1.54, 1.807) is 16.9 Å². The van der Waals surface area contributed by atoms with Crippen LogP contribution in [-0.2, 0) is 16.5 Å². The average Bonchev–Trinajstić information content (AvgIpc) is 3.38. The lowest BCUT2D eigenvalue weighted by atomic mass is 9.74. The maximum absolute atomic E-state index is 15.0. The minimum absolute atomic E-state index is 0.0551. The van der Waals surface area contributed by atoms with Crippen LogP contribution in [0.25, 0.3) is 0 Å².